The van der Waals surface area contributed by atoms with Crippen molar-refractivity contribution in [2.75, 3.05) is 0 Å². The van der Waals surface area contributed by atoms with Gasteiger partial charge in [0.05, 0.1) is 0 Å². The zero-order valence-corrected chi connectivity index (χ0v) is 10.2. The summed E-state index contributed by atoms with van der Waals surface area (Å²) in [5, 5.41) is 0. The number of benzene rings is 1. The van der Waals surface area contributed by atoms with Crippen molar-refractivity contribution in [1.29, 1.82) is 0 Å². The van der Waals surface area contributed by atoms with Crippen molar-refractivity contribution in [2.45, 2.75) is 33.1 Å². The Hall–Kier alpha value is -0.820. The highest BCUT2D eigenvalue weighted by molar-refractivity contribution is 5.96. The minimum atomic E-state index is 0. The first kappa shape index (κ1) is 14.2. The maximum absolute atomic E-state index is 11.8. The van der Waals surface area contributed by atoms with E-state index >= 15 is 0 Å². The monoisotopic (exact) mass is 226 g/mol. The third kappa shape index (κ3) is 4.48. The Morgan fingerprint density at radius 3 is 2.13 bits per heavy atom. The molecule has 0 aliphatic carbocycles. The van der Waals surface area contributed by atoms with Crippen LogP contribution in [-0.2, 0) is 0 Å². The van der Waals surface area contributed by atoms with Crippen molar-refractivity contribution in [1.82, 2.24) is 0 Å². The molecule has 0 radical (unpaired) electrons. The second-order valence-electron chi connectivity index (χ2n) is 3.68. The molecule has 1 rings (SSSR count). The molecule has 84 valence electrons. The molecule has 0 unspecified atom stereocenters. The number of hydrogen-bond donors (Lipinski definition) is 0. The summed E-state index contributed by atoms with van der Waals surface area (Å²) in [4.78, 5) is 11.8. The van der Waals surface area contributed by atoms with Gasteiger partial charge >= 0.3 is 0 Å². The van der Waals surface area contributed by atoms with Gasteiger partial charge in [0.2, 0.25) is 0 Å². The maximum Gasteiger partial charge on any atom is 0.163 e. The molecule has 1 nitrogen and oxygen atoms in total. The van der Waals surface area contributed by atoms with Crippen LogP contribution in [0.2, 0.25) is 0 Å². The topological polar surface area (TPSA) is 17.1 Å². The molecule has 0 fully saturated rings. The molecule has 0 N–H and O–H groups in total. The van der Waals surface area contributed by atoms with Gasteiger partial charge in [-0.1, -0.05) is 57.0 Å². The van der Waals surface area contributed by atoms with E-state index in [1.165, 1.54) is 0 Å². The molecule has 0 saturated carbocycles. The number of ketones is 1. The van der Waals surface area contributed by atoms with Gasteiger partial charge in [-0.15, -0.1) is 12.4 Å². The molecule has 0 atom stereocenters. The fourth-order valence-electron chi connectivity index (χ4n) is 1.58. The number of rotatable bonds is 5. The van der Waals surface area contributed by atoms with Gasteiger partial charge in [-0.2, -0.15) is 0 Å². The molecule has 2 heteroatoms. The fourth-order valence-corrected chi connectivity index (χ4v) is 1.58. The lowest BCUT2D eigenvalue weighted by atomic mass is 9.94. The molecule has 1 aromatic rings. The first-order chi connectivity index (χ1) is 6.77. The van der Waals surface area contributed by atoms with E-state index in [9.17, 15) is 4.79 Å². The number of hydrogen-bond acceptors (Lipinski definition) is 1. The number of carbonyl (C=O) groups excluding carboxylic acids is 1. The van der Waals surface area contributed by atoms with Gasteiger partial charge in [0, 0.05) is 12.0 Å². The minimum Gasteiger partial charge on any atom is -0.294 e. The highest BCUT2D eigenvalue weighted by Gasteiger charge is 2.11. The van der Waals surface area contributed by atoms with E-state index in [4.69, 9.17) is 0 Å². The van der Waals surface area contributed by atoms with Crippen LogP contribution in [0, 0.1) is 5.92 Å². The summed E-state index contributed by atoms with van der Waals surface area (Å²) in [6, 6.07) is 9.56. The standard InChI is InChI=1S/C13H18O.ClH/c1-3-11(4-2)10-13(14)12-8-6-5-7-9-12;/h5-9,11H,3-4,10H2,1-2H3;1H. The van der Waals surface area contributed by atoms with E-state index in [-0.39, 0.29) is 18.2 Å². The molecular formula is C13H19ClO. The average molecular weight is 227 g/mol. The summed E-state index contributed by atoms with van der Waals surface area (Å²) >= 11 is 0. The normalized spacial score (nSPS) is 9.80. The predicted molar refractivity (Wildman–Crippen MR) is 66.7 cm³/mol. The molecular weight excluding hydrogens is 208 g/mol. The summed E-state index contributed by atoms with van der Waals surface area (Å²) in [5.74, 6) is 0.821. The maximum atomic E-state index is 11.8. The lowest BCUT2D eigenvalue weighted by molar-refractivity contribution is 0.0958. The largest absolute Gasteiger partial charge is 0.294 e. The van der Waals surface area contributed by atoms with Crippen LogP contribution < -0.4 is 0 Å². The minimum absolute atomic E-state index is 0. The number of halogens is 1. The Bertz CT molecular complexity index is 278. The zero-order chi connectivity index (χ0) is 10.4. The van der Waals surface area contributed by atoms with E-state index < -0.39 is 0 Å². The van der Waals surface area contributed by atoms with Crippen LogP contribution in [0.3, 0.4) is 0 Å². The van der Waals surface area contributed by atoms with Gasteiger partial charge in [0.25, 0.3) is 0 Å². The SMILES string of the molecule is CCC(CC)CC(=O)c1ccccc1.Cl. The van der Waals surface area contributed by atoms with Crippen molar-refractivity contribution in [3.8, 4) is 0 Å². The quantitative estimate of drug-likeness (QED) is 0.691. The van der Waals surface area contributed by atoms with E-state index in [2.05, 4.69) is 13.8 Å². The van der Waals surface area contributed by atoms with Crippen molar-refractivity contribution >= 4 is 18.2 Å². The second-order valence-corrected chi connectivity index (χ2v) is 3.68. The summed E-state index contributed by atoms with van der Waals surface area (Å²) in [6.07, 6.45) is 2.88. The van der Waals surface area contributed by atoms with E-state index in [1.54, 1.807) is 0 Å². The molecule has 0 amide bonds. The van der Waals surface area contributed by atoms with Crippen LogP contribution >= 0.6 is 12.4 Å². The van der Waals surface area contributed by atoms with Gasteiger partial charge in [-0.3, -0.25) is 4.79 Å². The van der Waals surface area contributed by atoms with Crippen LogP contribution in [-0.4, -0.2) is 5.78 Å². The van der Waals surface area contributed by atoms with Crippen LogP contribution in [0.25, 0.3) is 0 Å². The fraction of sp³-hybridized carbons (Fsp3) is 0.462. The van der Waals surface area contributed by atoms with E-state index in [1.807, 2.05) is 30.3 Å². The first-order valence-electron chi connectivity index (χ1n) is 5.36. The number of carbonyl (C=O) groups is 1. The smallest absolute Gasteiger partial charge is 0.163 e. The van der Waals surface area contributed by atoms with Gasteiger partial charge in [0.1, 0.15) is 0 Å². The summed E-state index contributed by atoms with van der Waals surface area (Å²) in [5.41, 5.74) is 0.847. The molecule has 1 aromatic carbocycles. The van der Waals surface area contributed by atoms with E-state index in [0.29, 0.717) is 12.3 Å². The van der Waals surface area contributed by atoms with Gasteiger partial charge in [0.15, 0.2) is 5.78 Å². The number of Topliss-reactive ketones (excluding diaryl/α,β-unsaturated/α-hetero) is 1. The Labute approximate surface area is 98.3 Å². The van der Waals surface area contributed by atoms with Crippen LogP contribution in [0.5, 0.6) is 0 Å². The van der Waals surface area contributed by atoms with Crippen LogP contribution in [0.1, 0.15) is 43.5 Å². The zero-order valence-electron chi connectivity index (χ0n) is 9.40. The van der Waals surface area contributed by atoms with Crippen molar-refractivity contribution in [3.63, 3.8) is 0 Å². The molecule has 0 saturated heterocycles. The molecule has 0 heterocycles. The third-order valence-corrected chi connectivity index (χ3v) is 2.72. The average Bonchev–Trinajstić information content (AvgIpc) is 2.26. The predicted octanol–water partition coefficient (Wildman–Crippen LogP) is 4.12. The van der Waals surface area contributed by atoms with Crippen molar-refractivity contribution in [2.24, 2.45) is 5.92 Å². The molecule has 15 heavy (non-hydrogen) atoms. The van der Waals surface area contributed by atoms with Gasteiger partial charge in [-0.05, 0) is 5.92 Å². The Balaban J connectivity index is 0.00000196. The first-order valence-corrected chi connectivity index (χ1v) is 5.36. The summed E-state index contributed by atoms with van der Waals surface area (Å²) < 4.78 is 0. The molecule has 0 bridgehead atoms. The van der Waals surface area contributed by atoms with Crippen LogP contribution in [0.4, 0.5) is 0 Å². The van der Waals surface area contributed by atoms with E-state index in [0.717, 1.165) is 18.4 Å². The lowest BCUT2D eigenvalue weighted by Crippen LogP contribution is -2.07. The Morgan fingerprint density at radius 2 is 1.67 bits per heavy atom. The summed E-state index contributed by atoms with van der Waals surface area (Å²) in [7, 11) is 0. The lowest BCUT2D eigenvalue weighted by Gasteiger charge is -2.10. The van der Waals surface area contributed by atoms with Crippen molar-refractivity contribution < 1.29 is 4.79 Å². The molecule has 0 aromatic heterocycles. The van der Waals surface area contributed by atoms with Gasteiger partial charge in [-0.25, -0.2) is 0 Å². The summed E-state index contributed by atoms with van der Waals surface area (Å²) in [6.45, 7) is 4.29. The van der Waals surface area contributed by atoms with Gasteiger partial charge < -0.3 is 0 Å². The second kappa shape index (κ2) is 7.47. The Kier molecular flexibility index (Phi) is 7.06. The van der Waals surface area contributed by atoms with Crippen LogP contribution in [0.15, 0.2) is 30.3 Å². The molecule has 0 aliphatic rings. The molecule has 0 spiro atoms. The third-order valence-electron chi connectivity index (χ3n) is 2.72. The Morgan fingerprint density at radius 1 is 1.13 bits per heavy atom. The highest BCUT2D eigenvalue weighted by atomic mass is 35.5. The highest BCUT2D eigenvalue weighted by Crippen LogP contribution is 2.16. The molecule has 0 aliphatic heterocycles. The van der Waals surface area contributed by atoms with Crippen molar-refractivity contribution in [3.05, 3.63) is 35.9 Å².